The summed E-state index contributed by atoms with van der Waals surface area (Å²) < 4.78 is 0. The van der Waals surface area contributed by atoms with Crippen molar-refractivity contribution in [1.82, 2.24) is 5.32 Å². The second-order valence-electron chi connectivity index (χ2n) is 4.73. The zero-order valence-corrected chi connectivity index (χ0v) is 12.2. The van der Waals surface area contributed by atoms with Gasteiger partial charge in [-0.3, -0.25) is 4.79 Å². The van der Waals surface area contributed by atoms with Gasteiger partial charge in [-0.1, -0.05) is 31.5 Å². The first-order valence-corrected chi connectivity index (χ1v) is 7.10. The summed E-state index contributed by atoms with van der Waals surface area (Å²) in [6.45, 7) is 5.54. The molecule has 1 rings (SSSR count). The average Bonchev–Trinajstić information content (AvgIpc) is 2.34. The first-order valence-electron chi connectivity index (χ1n) is 6.11. The number of aryl methyl sites for hydroxylation is 1. The van der Waals surface area contributed by atoms with E-state index in [1.54, 1.807) is 13.8 Å². The quantitative estimate of drug-likeness (QED) is 0.785. The lowest BCUT2D eigenvalue weighted by Crippen LogP contribution is -2.45. The van der Waals surface area contributed by atoms with Crippen molar-refractivity contribution in [2.75, 3.05) is 5.75 Å². The SMILES string of the molecule is Cc1ccc(SCC(=O)NC(C(=O)O)C(C)C)cc1. The van der Waals surface area contributed by atoms with Gasteiger partial charge < -0.3 is 10.4 Å². The summed E-state index contributed by atoms with van der Waals surface area (Å²) in [7, 11) is 0. The van der Waals surface area contributed by atoms with Crippen LogP contribution in [0.3, 0.4) is 0 Å². The Morgan fingerprint density at radius 1 is 1.26 bits per heavy atom. The molecule has 0 radical (unpaired) electrons. The number of benzene rings is 1. The van der Waals surface area contributed by atoms with Crippen molar-refractivity contribution < 1.29 is 14.7 Å². The van der Waals surface area contributed by atoms with Crippen LogP contribution in [0.4, 0.5) is 0 Å². The van der Waals surface area contributed by atoms with Crippen LogP contribution >= 0.6 is 11.8 Å². The zero-order chi connectivity index (χ0) is 14.4. The summed E-state index contributed by atoms with van der Waals surface area (Å²) in [5.41, 5.74) is 1.17. The Hall–Kier alpha value is -1.49. The molecule has 1 aromatic carbocycles. The van der Waals surface area contributed by atoms with Gasteiger partial charge in [-0.15, -0.1) is 11.8 Å². The minimum absolute atomic E-state index is 0.133. The number of rotatable bonds is 6. The zero-order valence-electron chi connectivity index (χ0n) is 11.3. The van der Waals surface area contributed by atoms with Crippen LogP contribution in [-0.2, 0) is 9.59 Å². The molecule has 0 aliphatic rings. The van der Waals surface area contributed by atoms with Gasteiger partial charge in [-0.25, -0.2) is 4.79 Å². The van der Waals surface area contributed by atoms with Crippen LogP contribution in [0.15, 0.2) is 29.2 Å². The van der Waals surface area contributed by atoms with Crippen molar-refractivity contribution >= 4 is 23.6 Å². The molecule has 0 fully saturated rings. The minimum atomic E-state index is -0.997. The third-order valence-electron chi connectivity index (χ3n) is 2.64. The standard InChI is InChI=1S/C14H19NO3S/c1-9(2)13(14(17)18)15-12(16)8-19-11-6-4-10(3)5-7-11/h4-7,9,13H,8H2,1-3H3,(H,15,16)(H,17,18). The number of thioether (sulfide) groups is 1. The van der Waals surface area contributed by atoms with Crippen LogP contribution in [0.5, 0.6) is 0 Å². The Labute approximate surface area is 117 Å². The number of carbonyl (C=O) groups excluding carboxylic acids is 1. The van der Waals surface area contributed by atoms with Gasteiger partial charge in [0, 0.05) is 4.90 Å². The molecule has 2 N–H and O–H groups in total. The maximum Gasteiger partial charge on any atom is 0.326 e. The van der Waals surface area contributed by atoms with Gasteiger partial charge in [0.15, 0.2) is 0 Å². The highest BCUT2D eigenvalue weighted by Crippen LogP contribution is 2.18. The van der Waals surface area contributed by atoms with E-state index in [-0.39, 0.29) is 17.6 Å². The molecule has 0 heterocycles. The molecule has 19 heavy (non-hydrogen) atoms. The number of hydrogen-bond acceptors (Lipinski definition) is 3. The van der Waals surface area contributed by atoms with Gasteiger partial charge in [-0.2, -0.15) is 0 Å². The largest absolute Gasteiger partial charge is 0.480 e. The Bertz CT molecular complexity index is 443. The summed E-state index contributed by atoms with van der Waals surface area (Å²) >= 11 is 1.40. The number of carboxylic acids is 1. The van der Waals surface area contributed by atoms with Crippen molar-refractivity contribution in [3.05, 3.63) is 29.8 Å². The van der Waals surface area contributed by atoms with Crippen molar-refractivity contribution in [1.29, 1.82) is 0 Å². The molecule has 5 heteroatoms. The molecule has 0 saturated carbocycles. The van der Waals surface area contributed by atoms with Gasteiger partial charge >= 0.3 is 5.97 Å². The average molecular weight is 281 g/mol. The van der Waals surface area contributed by atoms with Crippen molar-refractivity contribution in [2.45, 2.75) is 31.7 Å². The van der Waals surface area contributed by atoms with E-state index in [2.05, 4.69) is 5.32 Å². The van der Waals surface area contributed by atoms with Gasteiger partial charge in [0.05, 0.1) is 5.75 Å². The summed E-state index contributed by atoms with van der Waals surface area (Å²) in [5, 5.41) is 11.5. The third kappa shape index (κ3) is 5.34. The molecule has 1 unspecified atom stereocenters. The van der Waals surface area contributed by atoms with Gasteiger partial charge in [0.2, 0.25) is 5.91 Å². The number of aliphatic carboxylic acids is 1. The monoisotopic (exact) mass is 281 g/mol. The Balaban J connectivity index is 2.47. The maximum atomic E-state index is 11.7. The van der Waals surface area contributed by atoms with E-state index in [0.717, 1.165) is 4.90 Å². The lowest BCUT2D eigenvalue weighted by Gasteiger charge is -2.17. The fourth-order valence-corrected chi connectivity index (χ4v) is 2.22. The lowest BCUT2D eigenvalue weighted by atomic mass is 10.1. The predicted octanol–water partition coefficient (Wildman–Crippen LogP) is 2.31. The summed E-state index contributed by atoms with van der Waals surface area (Å²) in [6, 6.07) is 7.03. The van der Waals surface area contributed by atoms with Crippen LogP contribution in [0.1, 0.15) is 19.4 Å². The number of amides is 1. The highest BCUT2D eigenvalue weighted by Gasteiger charge is 2.23. The normalized spacial score (nSPS) is 12.2. The predicted molar refractivity (Wildman–Crippen MR) is 76.3 cm³/mol. The molecule has 4 nitrogen and oxygen atoms in total. The fraction of sp³-hybridized carbons (Fsp3) is 0.429. The fourth-order valence-electron chi connectivity index (χ4n) is 1.51. The molecule has 104 valence electrons. The summed E-state index contributed by atoms with van der Waals surface area (Å²) in [6.07, 6.45) is 0. The smallest absolute Gasteiger partial charge is 0.326 e. The van der Waals surface area contributed by atoms with E-state index in [9.17, 15) is 9.59 Å². The highest BCUT2D eigenvalue weighted by atomic mass is 32.2. The first kappa shape index (κ1) is 15.6. The molecule has 0 aliphatic carbocycles. The Kier molecular flexibility index (Phi) is 5.89. The second-order valence-corrected chi connectivity index (χ2v) is 5.78. The molecule has 1 amide bonds. The molecule has 0 bridgehead atoms. The molecular weight excluding hydrogens is 262 g/mol. The Morgan fingerprint density at radius 2 is 1.84 bits per heavy atom. The van der Waals surface area contributed by atoms with E-state index in [1.807, 2.05) is 31.2 Å². The number of hydrogen-bond donors (Lipinski definition) is 2. The molecule has 0 aliphatic heterocycles. The topological polar surface area (TPSA) is 66.4 Å². The molecule has 0 aromatic heterocycles. The van der Waals surface area contributed by atoms with E-state index in [0.29, 0.717) is 0 Å². The van der Waals surface area contributed by atoms with E-state index < -0.39 is 12.0 Å². The highest BCUT2D eigenvalue weighted by molar-refractivity contribution is 8.00. The van der Waals surface area contributed by atoms with Gasteiger partial charge in [-0.05, 0) is 25.0 Å². The number of carboxylic acid groups (broad SMARTS) is 1. The molecular formula is C14H19NO3S. The van der Waals surface area contributed by atoms with Gasteiger partial charge in [0.1, 0.15) is 6.04 Å². The molecule has 0 spiro atoms. The lowest BCUT2D eigenvalue weighted by molar-refractivity contribution is -0.142. The number of nitrogens with one attached hydrogen (secondary N) is 1. The van der Waals surface area contributed by atoms with Crippen LogP contribution in [0, 0.1) is 12.8 Å². The summed E-state index contributed by atoms with van der Waals surface area (Å²) in [4.78, 5) is 23.7. The van der Waals surface area contributed by atoms with Crippen LogP contribution < -0.4 is 5.32 Å². The van der Waals surface area contributed by atoms with Crippen molar-refractivity contribution in [3.63, 3.8) is 0 Å². The van der Waals surface area contributed by atoms with Crippen LogP contribution in [0.25, 0.3) is 0 Å². The third-order valence-corrected chi connectivity index (χ3v) is 3.65. The maximum absolute atomic E-state index is 11.7. The Morgan fingerprint density at radius 3 is 2.32 bits per heavy atom. The number of carbonyl (C=O) groups is 2. The van der Waals surface area contributed by atoms with Gasteiger partial charge in [0.25, 0.3) is 0 Å². The van der Waals surface area contributed by atoms with Crippen molar-refractivity contribution in [2.24, 2.45) is 5.92 Å². The van der Waals surface area contributed by atoms with E-state index in [1.165, 1.54) is 17.3 Å². The van der Waals surface area contributed by atoms with Crippen molar-refractivity contribution in [3.8, 4) is 0 Å². The molecule has 1 atom stereocenters. The second kappa shape index (κ2) is 7.19. The minimum Gasteiger partial charge on any atom is -0.480 e. The van der Waals surface area contributed by atoms with Crippen LogP contribution in [0.2, 0.25) is 0 Å². The summed E-state index contributed by atoms with van der Waals surface area (Å²) in [5.74, 6) is -1.17. The molecule has 0 saturated heterocycles. The van der Waals surface area contributed by atoms with Crippen LogP contribution in [-0.4, -0.2) is 28.8 Å². The van der Waals surface area contributed by atoms with E-state index >= 15 is 0 Å². The van der Waals surface area contributed by atoms with E-state index in [4.69, 9.17) is 5.11 Å². The molecule has 1 aromatic rings. The first-order chi connectivity index (χ1) is 8.90.